The van der Waals surface area contributed by atoms with Gasteiger partial charge in [-0.05, 0) is 31.2 Å². The summed E-state index contributed by atoms with van der Waals surface area (Å²) < 4.78 is 5.16. The highest BCUT2D eigenvalue weighted by molar-refractivity contribution is 5.92. The molecule has 3 fully saturated rings. The van der Waals surface area contributed by atoms with Gasteiger partial charge < -0.3 is 14.2 Å². The molecule has 3 heterocycles. The number of aromatic nitrogens is 1. The molecular weight excluding hydrogens is 366 g/mol. The molecule has 3 aliphatic rings. The average molecular weight is 393 g/mol. The number of hydrogen-bond acceptors (Lipinski definition) is 4. The molecule has 2 saturated heterocycles. The molecule has 0 radical (unpaired) electrons. The fraction of sp³-hybridized carbons (Fsp3) is 0.522. The van der Waals surface area contributed by atoms with E-state index < -0.39 is 0 Å². The van der Waals surface area contributed by atoms with E-state index >= 15 is 0 Å². The largest absolute Gasteiger partial charge is 0.438 e. The zero-order chi connectivity index (χ0) is 19.8. The van der Waals surface area contributed by atoms with Crippen molar-refractivity contribution in [3.63, 3.8) is 0 Å². The Morgan fingerprint density at radius 1 is 1.07 bits per heavy atom. The molecular formula is C23H27N3O3. The fourth-order valence-corrected chi connectivity index (χ4v) is 5.68. The van der Waals surface area contributed by atoms with Crippen LogP contribution in [0.25, 0.3) is 0 Å². The van der Waals surface area contributed by atoms with Crippen LogP contribution in [0.15, 0.2) is 47.3 Å². The number of hydrogen-bond donors (Lipinski definition) is 0. The predicted octanol–water partition coefficient (Wildman–Crippen LogP) is 3.81. The van der Waals surface area contributed by atoms with Crippen LogP contribution < -0.4 is 0 Å². The van der Waals surface area contributed by atoms with Crippen molar-refractivity contribution < 1.29 is 14.0 Å². The van der Waals surface area contributed by atoms with E-state index in [9.17, 15) is 9.59 Å². The number of β-lactam (4-membered cyclic amide) rings is 1. The zero-order valence-corrected chi connectivity index (χ0v) is 16.6. The second kappa shape index (κ2) is 7.32. The van der Waals surface area contributed by atoms with Crippen molar-refractivity contribution >= 4 is 11.8 Å². The molecule has 1 unspecified atom stereocenters. The minimum Gasteiger partial charge on any atom is -0.438 e. The predicted molar refractivity (Wildman–Crippen MR) is 107 cm³/mol. The first kappa shape index (κ1) is 18.4. The van der Waals surface area contributed by atoms with Crippen LogP contribution in [-0.4, -0.2) is 45.7 Å². The lowest BCUT2D eigenvalue weighted by atomic mass is 9.59. The third-order valence-electron chi connectivity index (χ3n) is 7.11. The zero-order valence-electron chi connectivity index (χ0n) is 16.6. The Hall–Kier alpha value is -2.63. The first-order valence-electron chi connectivity index (χ1n) is 10.8. The first-order valence-corrected chi connectivity index (χ1v) is 10.8. The molecule has 2 aliphatic heterocycles. The van der Waals surface area contributed by atoms with E-state index in [0.717, 1.165) is 38.5 Å². The maximum atomic E-state index is 13.4. The van der Waals surface area contributed by atoms with Gasteiger partial charge in [0.15, 0.2) is 6.39 Å². The summed E-state index contributed by atoms with van der Waals surface area (Å²) in [5, 5.41) is 0. The van der Waals surface area contributed by atoms with Crippen LogP contribution in [0, 0.1) is 5.41 Å². The minimum atomic E-state index is -0.202. The van der Waals surface area contributed by atoms with Crippen molar-refractivity contribution in [3.05, 3.63) is 54.2 Å². The van der Waals surface area contributed by atoms with Gasteiger partial charge in [0.05, 0.1) is 17.7 Å². The van der Waals surface area contributed by atoms with Crippen molar-refractivity contribution in [2.75, 3.05) is 13.1 Å². The van der Waals surface area contributed by atoms with Crippen molar-refractivity contribution in [2.45, 2.75) is 57.0 Å². The quantitative estimate of drug-likeness (QED) is 0.744. The van der Waals surface area contributed by atoms with E-state index in [1.54, 1.807) is 0 Å². The molecule has 0 N–H and O–H groups in total. The summed E-state index contributed by atoms with van der Waals surface area (Å²) in [4.78, 5) is 33.8. The second-order valence-electron chi connectivity index (χ2n) is 8.63. The first-order chi connectivity index (χ1) is 14.2. The Labute approximate surface area is 170 Å². The number of rotatable bonds is 3. The number of carbonyl (C=O) groups is 2. The summed E-state index contributed by atoms with van der Waals surface area (Å²) in [6.07, 6.45) is 9.91. The lowest BCUT2D eigenvalue weighted by molar-refractivity contribution is -0.186. The van der Waals surface area contributed by atoms with Gasteiger partial charge in [0.2, 0.25) is 11.7 Å². The fourth-order valence-electron chi connectivity index (χ4n) is 5.68. The lowest BCUT2D eigenvalue weighted by Gasteiger charge is -2.61. The standard InChI is InChI=1S/C23H27N3O3/c27-21(19-15-24-16-29-19)25-13-9-18(10-14-25)26-20(17-7-3-1-4-8-17)23(22(26)28)11-5-2-6-12-23/h1,3-4,7-8,15-16,18,20H,2,5-6,9-14H2. The van der Waals surface area contributed by atoms with Crippen LogP contribution in [0.4, 0.5) is 0 Å². The van der Waals surface area contributed by atoms with E-state index in [1.165, 1.54) is 24.6 Å². The number of oxazole rings is 1. The minimum absolute atomic E-state index is 0.112. The molecule has 1 saturated carbocycles. The van der Waals surface area contributed by atoms with Gasteiger partial charge in [-0.25, -0.2) is 4.98 Å². The Morgan fingerprint density at radius 2 is 1.79 bits per heavy atom. The number of benzene rings is 1. The number of nitrogens with zero attached hydrogens (tertiary/aromatic N) is 3. The van der Waals surface area contributed by atoms with Gasteiger partial charge >= 0.3 is 0 Å². The molecule has 1 atom stereocenters. The summed E-state index contributed by atoms with van der Waals surface area (Å²) >= 11 is 0. The normalized spacial score (nSPS) is 24.6. The van der Waals surface area contributed by atoms with Crippen LogP contribution in [0.1, 0.15) is 67.1 Å². The third kappa shape index (κ3) is 2.96. The van der Waals surface area contributed by atoms with Crippen molar-refractivity contribution in [2.24, 2.45) is 5.41 Å². The number of piperidine rings is 1. The molecule has 2 aromatic rings. The molecule has 2 amide bonds. The van der Waals surface area contributed by atoms with Crippen LogP contribution >= 0.6 is 0 Å². The number of amides is 2. The van der Waals surface area contributed by atoms with Crippen LogP contribution in [0.2, 0.25) is 0 Å². The molecule has 6 nitrogen and oxygen atoms in total. The summed E-state index contributed by atoms with van der Waals surface area (Å²) in [6.45, 7) is 1.28. The maximum absolute atomic E-state index is 13.4. The van der Waals surface area contributed by atoms with Gasteiger partial charge in [-0.3, -0.25) is 9.59 Å². The molecule has 29 heavy (non-hydrogen) atoms. The third-order valence-corrected chi connectivity index (χ3v) is 7.11. The van der Waals surface area contributed by atoms with E-state index in [-0.39, 0.29) is 29.2 Å². The van der Waals surface area contributed by atoms with Crippen molar-refractivity contribution in [1.82, 2.24) is 14.8 Å². The SMILES string of the molecule is O=C(c1cnco1)N1CCC(N2C(=O)C3(CCCCC3)C2c2ccccc2)CC1. The van der Waals surface area contributed by atoms with Crippen LogP contribution in [-0.2, 0) is 4.79 Å². The van der Waals surface area contributed by atoms with Gasteiger partial charge in [0, 0.05) is 19.1 Å². The van der Waals surface area contributed by atoms with E-state index in [1.807, 2.05) is 11.0 Å². The summed E-state index contributed by atoms with van der Waals surface area (Å²) in [5.41, 5.74) is 1.06. The Bertz CT molecular complexity index is 866. The summed E-state index contributed by atoms with van der Waals surface area (Å²) in [6, 6.07) is 10.9. The van der Waals surface area contributed by atoms with Gasteiger partial charge in [-0.1, -0.05) is 49.6 Å². The van der Waals surface area contributed by atoms with Gasteiger partial charge in [0.25, 0.3) is 5.91 Å². The van der Waals surface area contributed by atoms with E-state index in [0.29, 0.717) is 19.0 Å². The molecule has 5 rings (SSSR count). The molecule has 1 spiro atoms. The lowest BCUT2D eigenvalue weighted by Crippen LogP contribution is -2.67. The molecule has 6 heteroatoms. The van der Waals surface area contributed by atoms with Gasteiger partial charge in [-0.15, -0.1) is 0 Å². The Kier molecular flexibility index (Phi) is 4.64. The smallest absolute Gasteiger partial charge is 0.291 e. The number of likely N-dealkylation sites (tertiary alicyclic amines) is 2. The summed E-state index contributed by atoms with van der Waals surface area (Å²) in [5.74, 6) is 0.511. The van der Waals surface area contributed by atoms with Crippen molar-refractivity contribution in [3.8, 4) is 0 Å². The van der Waals surface area contributed by atoms with Gasteiger partial charge in [0.1, 0.15) is 0 Å². The highest BCUT2D eigenvalue weighted by atomic mass is 16.3. The molecule has 1 aliphatic carbocycles. The average Bonchev–Trinajstić information content (AvgIpc) is 3.33. The Balaban J connectivity index is 1.34. The van der Waals surface area contributed by atoms with Crippen LogP contribution in [0.5, 0.6) is 0 Å². The van der Waals surface area contributed by atoms with E-state index in [2.05, 4.69) is 34.1 Å². The van der Waals surface area contributed by atoms with Crippen LogP contribution in [0.3, 0.4) is 0 Å². The van der Waals surface area contributed by atoms with Gasteiger partial charge in [-0.2, -0.15) is 0 Å². The van der Waals surface area contributed by atoms with Crippen molar-refractivity contribution in [1.29, 1.82) is 0 Å². The monoisotopic (exact) mass is 393 g/mol. The maximum Gasteiger partial charge on any atom is 0.291 e. The van der Waals surface area contributed by atoms with E-state index in [4.69, 9.17) is 4.42 Å². The second-order valence-corrected chi connectivity index (χ2v) is 8.63. The highest BCUT2D eigenvalue weighted by Gasteiger charge is 2.62. The molecule has 0 bridgehead atoms. The molecule has 1 aromatic heterocycles. The number of carbonyl (C=O) groups excluding carboxylic acids is 2. The highest BCUT2D eigenvalue weighted by Crippen LogP contribution is 2.59. The molecule has 1 aromatic carbocycles. The summed E-state index contributed by atoms with van der Waals surface area (Å²) in [7, 11) is 0. The topological polar surface area (TPSA) is 66.7 Å². The molecule has 152 valence electrons. The Morgan fingerprint density at radius 3 is 2.45 bits per heavy atom.